The molecule has 0 amide bonds. The van der Waals surface area contributed by atoms with Crippen LogP contribution in [0.25, 0.3) is 10.9 Å². The van der Waals surface area contributed by atoms with E-state index in [0.717, 1.165) is 17.5 Å². The molecule has 0 spiro atoms. The lowest BCUT2D eigenvalue weighted by molar-refractivity contribution is 1.18. The first-order valence-corrected chi connectivity index (χ1v) is 4.93. The highest BCUT2D eigenvalue weighted by Gasteiger charge is 1.97. The van der Waals surface area contributed by atoms with Crippen LogP contribution in [0.4, 0.5) is 0 Å². The van der Waals surface area contributed by atoms with Crippen LogP contribution < -0.4 is 0 Å². The summed E-state index contributed by atoms with van der Waals surface area (Å²) in [5.41, 5.74) is 3.23. The van der Waals surface area contributed by atoms with Crippen molar-refractivity contribution >= 4 is 10.9 Å². The van der Waals surface area contributed by atoms with E-state index in [1.54, 1.807) is 6.08 Å². The third-order valence-corrected chi connectivity index (χ3v) is 2.37. The quantitative estimate of drug-likeness (QED) is 0.683. The molecule has 2 aromatic rings. The highest BCUT2D eigenvalue weighted by molar-refractivity contribution is 5.78. The molecule has 0 unspecified atom stereocenters. The largest absolute Gasteiger partial charge is 0.256 e. The maximum absolute atomic E-state index is 4.39. The number of fused-ring (bicyclic) bond motifs is 1. The van der Waals surface area contributed by atoms with Crippen LogP contribution in [0.2, 0.25) is 0 Å². The summed E-state index contributed by atoms with van der Waals surface area (Å²) >= 11 is 0. The van der Waals surface area contributed by atoms with Crippen LogP contribution in [0.5, 0.6) is 0 Å². The summed E-state index contributed by atoms with van der Waals surface area (Å²) in [6.45, 7) is 7.60. The molecule has 0 saturated carbocycles. The molecular weight excluding hydrogens is 182 g/mol. The highest BCUT2D eigenvalue weighted by atomic mass is 14.6. The highest BCUT2D eigenvalue weighted by Crippen LogP contribution is 2.14. The summed E-state index contributed by atoms with van der Waals surface area (Å²) in [6.07, 6.45) is 4.51. The molecule has 2 rings (SSSR count). The van der Waals surface area contributed by atoms with Crippen LogP contribution >= 0.6 is 0 Å². The second-order valence-corrected chi connectivity index (χ2v) is 3.58. The Bertz CT molecular complexity index is 511. The molecule has 74 valence electrons. The normalized spacial score (nSPS) is 10.1. The first kappa shape index (κ1) is 9.66. The zero-order valence-corrected chi connectivity index (χ0v) is 8.61. The van der Waals surface area contributed by atoms with Crippen LogP contribution in [0.3, 0.4) is 0 Å². The van der Waals surface area contributed by atoms with Gasteiger partial charge in [0.25, 0.3) is 0 Å². The zero-order valence-electron chi connectivity index (χ0n) is 8.61. The number of nitrogens with zero attached hydrogens (tertiary/aromatic N) is 1. The second kappa shape index (κ2) is 4.09. The van der Waals surface area contributed by atoms with Gasteiger partial charge in [-0.15, -0.1) is 0 Å². The second-order valence-electron chi connectivity index (χ2n) is 3.58. The van der Waals surface area contributed by atoms with Crippen molar-refractivity contribution < 1.29 is 0 Å². The molecular formula is C14H13N. The number of hydrogen-bond donors (Lipinski definition) is 0. The Hall–Kier alpha value is -1.89. The first-order chi connectivity index (χ1) is 7.29. The van der Waals surface area contributed by atoms with E-state index in [4.69, 9.17) is 0 Å². The predicted octanol–water partition coefficient (Wildman–Crippen LogP) is 3.52. The minimum atomic E-state index is 0.821. The Labute approximate surface area is 89.8 Å². The number of allylic oxidation sites excluding steroid dienone is 2. The molecule has 0 aliphatic carbocycles. The van der Waals surface area contributed by atoms with E-state index in [0.29, 0.717) is 0 Å². The Morgan fingerprint density at radius 3 is 2.93 bits per heavy atom. The lowest BCUT2D eigenvalue weighted by atomic mass is 10.1. The molecule has 1 aromatic carbocycles. The van der Waals surface area contributed by atoms with Crippen molar-refractivity contribution in [1.29, 1.82) is 0 Å². The van der Waals surface area contributed by atoms with Crippen molar-refractivity contribution in [2.45, 2.75) is 6.42 Å². The number of pyridine rings is 1. The molecule has 1 aromatic heterocycles. The average molecular weight is 195 g/mol. The van der Waals surface area contributed by atoms with Crippen LogP contribution in [-0.2, 0) is 6.42 Å². The van der Waals surface area contributed by atoms with Gasteiger partial charge >= 0.3 is 0 Å². The van der Waals surface area contributed by atoms with Crippen molar-refractivity contribution in [2.75, 3.05) is 0 Å². The fourth-order valence-corrected chi connectivity index (χ4v) is 1.55. The fraction of sp³-hybridized carbons (Fsp3) is 0.0714. The Kier molecular flexibility index (Phi) is 2.64. The minimum Gasteiger partial charge on any atom is -0.256 e. The predicted molar refractivity (Wildman–Crippen MR) is 64.8 cm³/mol. The van der Waals surface area contributed by atoms with E-state index >= 15 is 0 Å². The van der Waals surface area contributed by atoms with Crippen molar-refractivity contribution in [3.05, 3.63) is 66.9 Å². The van der Waals surface area contributed by atoms with Gasteiger partial charge in [0.1, 0.15) is 0 Å². The van der Waals surface area contributed by atoms with E-state index in [1.165, 1.54) is 10.9 Å². The van der Waals surface area contributed by atoms with Crippen molar-refractivity contribution in [2.24, 2.45) is 0 Å². The standard InChI is InChI=1S/C14H13N/c1-3-11(2)8-12-9-13-6-4-5-7-14(13)15-10-12/h3-7,9-10H,1-2,8H2. The minimum absolute atomic E-state index is 0.821. The molecule has 1 nitrogen and oxygen atoms in total. The van der Waals surface area contributed by atoms with Crippen LogP contribution in [0.1, 0.15) is 5.56 Å². The van der Waals surface area contributed by atoms with Crippen LogP contribution in [0, 0.1) is 0 Å². The number of benzene rings is 1. The van der Waals surface area contributed by atoms with Crippen molar-refractivity contribution in [1.82, 2.24) is 4.98 Å². The number of para-hydroxylation sites is 1. The molecule has 1 heteroatoms. The Morgan fingerprint density at radius 1 is 1.33 bits per heavy atom. The maximum Gasteiger partial charge on any atom is 0.0702 e. The molecule has 15 heavy (non-hydrogen) atoms. The molecule has 0 atom stereocenters. The molecule has 0 radical (unpaired) electrons. The molecule has 0 fully saturated rings. The lowest BCUT2D eigenvalue weighted by Gasteiger charge is -2.02. The van der Waals surface area contributed by atoms with Gasteiger partial charge in [-0.25, -0.2) is 0 Å². The third-order valence-electron chi connectivity index (χ3n) is 2.37. The van der Waals surface area contributed by atoms with Crippen LogP contribution in [0.15, 0.2) is 61.3 Å². The van der Waals surface area contributed by atoms with E-state index < -0.39 is 0 Å². The van der Waals surface area contributed by atoms with E-state index in [2.05, 4.69) is 30.3 Å². The lowest BCUT2D eigenvalue weighted by Crippen LogP contribution is -1.88. The SMILES string of the molecule is C=CC(=C)Cc1cnc2ccccc2c1. The molecule has 0 aliphatic rings. The molecule has 0 aliphatic heterocycles. The Morgan fingerprint density at radius 2 is 2.13 bits per heavy atom. The van der Waals surface area contributed by atoms with Gasteiger partial charge in [-0.3, -0.25) is 4.98 Å². The van der Waals surface area contributed by atoms with Gasteiger partial charge in [0.15, 0.2) is 0 Å². The smallest absolute Gasteiger partial charge is 0.0702 e. The molecule has 0 N–H and O–H groups in total. The number of rotatable bonds is 3. The monoisotopic (exact) mass is 195 g/mol. The van der Waals surface area contributed by atoms with Gasteiger partial charge in [-0.05, 0) is 24.1 Å². The topological polar surface area (TPSA) is 12.9 Å². The average Bonchev–Trinajstić information content (AvgIpc) is 2.29. The number of aromatic nitrogens is 1. The fourth-order valence-electron chi connectivity index (χ4n) is 1.55. The number of hydrogen-bond acceptors (Lipinski definition) is 1. The van der Waals surface area contributed by atoms with Crippen molar-refractivity contribution in [3.63, 3.8) is 0 Å². The molecule has 0 bridgehead atoms. The van der Waals surface area contributed by atoms with Crippen LogP contribution in [-0.4, -0.2) is 4.98 Å². The zero-order chi connectivity index (χ0) is 10.7. The third kappa shape index (κ3) is 2.13. The van der Waals surface area contributed by atoms with E-state index in [-0.39, 0.29) is 0 Å². The summed E-state index contributed by atoms with van der Waals surface area (Å²) < 4.78 is 0. The summed E-state index contributed by atoms with van der Waals surface area (Å²) in [5.74, 6) is 0. The van der Waals surface area contributed by atoms with E-state index in [9.17, 15) is 0 Å². The van der Waals surface area contributed by atoms with Gasteiger partial charge < -0.3 is 0 Å². The molecule has 1 heterocycles. The maximum atomic E-state index is 4.39. The van der Waals surface area contributed by atoms with E-state index in [1.807, 2.05) is 24.4 Å². The van der Waals surface area contributed by atoms with Crippen molar-refractivity contribution in [3.8, 4) is 0 Å². The Balaban J connectivity index is 2.38. The molecule has 0 saturated heterocycles. The van der Waals surface area contributed by atoms with Gasteiger partial charge in [0.2, 0.25) is 0 Å². The summed E-state index contributed by atoms with van der Waals surface area (Å²) in [4.78, 5) is 4.39. The summed E-state index contributed by atoms with van der Waals surface area (Å²) in [5, 5.41) is 1.17. The van der Waals surface area contributed by atoms with Gasteiger partial charge in [-0.1, -0.05) is 43.0 Å². The summed E-state index contributed by atoms with van der Waals surface area (Å²) in [6, 6.07) is 10.3. The van der Waals surface area contributed by atoms with Gasteiger partial charge in [0, 0.05) is 11.6 Å². The first-order valence-electron chi connectivity index (χ1n) is 4.93. The van der Waals surface area contributed by atoms with Gasteiger partial charge in [0.05, 0.1) is 5.52 Å². The van der Waals surface area contributed by atoms with Gasteiger partial charge in [-0.2, -0.15) is 0 Å². The summed E-state index contributed by atoms with van der Waals surface area (Å²) in [7, 11) is 0.